The molecule has 0 fully saturated rings. The quantitative estimate of drug-likeness (QED) is 0.469. The van der Waals surface area contributed by atoms with Crippen LogP contribution in [0.2, 0.25) is 0 Å². The van der Waals surface area contributed by atoms with Gasteiger partial charge in [-0.1, -0.05) is 27.7 Å². The van der Waals surface area contributed by atoms with Crippen LogP contribution in [0.1, 0.15) is 19.7 Å². The normalized spacial score (nSPS) is 11.8. The summed E-state index contributed by atoms with van der Waals surface area (Å²) in [6.07, 6.45) is 0. The zero-order chi connectivity index (χ0) is 20.8. The van der Waals surface area contributed by atoms with Crippen molar-refractivity contribution >= 4 is 33.6 Å². The molecule has 3 aromatic rings. The number of benzene rings is 2. The maximum atomic E-state index is 11.5. The molecule has 0 aliphatic rings. The van der Waals surface area contributed by atoms with Crippen LogP contribution in [-0.4, -0.2) is 32.5 Å². The molecular formula is C20H21BrN4O3S. The van der Waals surface area contributed by atoms with E-state index < -0.39 is 11.2 Å². The number of rotatable bonds is 9. The van der Waals surface area contributed by atoms with Crippen molar-refractivity contribution < 1.29 is 14.3 Å². The van der Waals surface area contributed by atoms with Gasteiger partial charge in [-0.15, -0.1) is 10.2 Å². The van der Waals surface area contributed by atoms with Crippen molar-refractivity contribution in [1.82, 2.24) is 14.8 Å². The van der Waals surface area contributed by atoms with E-state index in [1.165, 1.54) is 11.8 Å². The van der Waals surface area contributed by atoms with E-state index in [9.17, 15) is 4.79 Å². The van der Waals surface area contributed by atoms with Crippen molar-refractivity contribution in [2.24, 2.45) is 5.73 Å². The molecule has 0 radical (unpaired) electrons. The second-order valence-corrected chi connectivity index (χ2v) is 8.29. The van der Waals surface area contributed by atoms with Gasteiger partial charge in [0.25, 0.3) is 0 Å². The monoisotopic (exact) mass is 476 g/mol. The highest BCUT2D eigenvalue weighted by Crippen LogP contribution is 2.27. The average molecular weight is 477 g/mol. The predicted molar refractivity (Wildman–Crippen MR) is 116 cm³/mol. The van der Waals surface area contributed by atoms with Gasteiger partial charge in [0.1, 0.15) is 18.1 Å². The summed E-state index contributed by atoms with van der Waals surface area (Å²) in [6, 6.07) is 15.1. The summed E-state index contributed by atoms with van der Waals surface area (Å²) >= 11 is 4.66. The summed E-state index contributed by atoms with van der Waals surface area (Å²) in [7, 11) is 0. The topological polar surface area (TPSA) is 92.3 Å². The second kappa shape index (κ2) is 9.80. The van der Waals surface area contributed by atoms with Gasteiger partial charge >= 0.3 is 0 Å². The number of halogens is 1. The molecule has 7 nitrogen and oxygen atoms in total. The largest absolute Gasteiger partial charge is 0.494 e. The van der Waals surface area contributed by atoms with Crippen molar-refractivity contribution in [2.45, 2.75) is 30.9 Å². The minimum absolute atomic E-state index is 0.216. The zero-order valence-electron chi connectivity index (χ0n) is 16.0. The SMILES string of the molecule is CCOc1ccc(-n2c(COc3ccc(Br)cc3)nnc2S[C@@H](C)C(N)=O)cc1. The van der Waals surface area contributed by atoms with Gasteiger partial charge in [-0.05, 0) is 62.4 Å². The Morgan fingerprint density at radius 2 is 1.72 bits per heavy atom. The first-order valence-electron chi connectivity index (χ1n) is 8.99. The number of ether oxygens (including phenoxy) is 2. The van der Waals surface area contributed by atoms with Crippen molar-refractivity contribution in [3.63, 3.8) is 0 Å². The standard InChI is InChI=1S/C20H21BrN4O3S/c1-3-27-16-10-6-15(7-11-16)25-18(12-28-17-8-4-14(21)5-9-17)23-24-20(25)29-13(2)19(22)26/h4-11,13H,3,12H2,1-2H3,(H2,22,26)/t13-/m0/s1. The highest BCUT2D eigenvalue weighted by atomic mass is 79.9. The summed E-state index contributed by atoms with van der Waals surface area (Å²) in [4.78, 5) is 11.5. The third-order valence-electron chi connectivity index (χ3n) is 3.97. The number of primary amides is 1. The van der Waals surface area contributed by atoms with Gasteiger partial charge in [0.2, 0.25) is 5.91 Å². The molecule has 1 atom stereocenters. The Kier molecular flexibility index (Phi) is 7.16. The molecule has 1 heterocycles. The zero-order valence-corrected chi connectivity index (χ0v) is 18.4. The molecule has 0 aliphatic carbocycles. The molecule has 1 amide bonds. The van der Waals surface area contributed by atoms with Gasteiger partial charge in [-0.3, -0.25) is 9.36 Å². The molecule has 1 aromatic heterocycles. The summed E-state index contributed by atoms with van der Waals surface area (Å²) in [5, 5.41) is 8.64. The van der Waals surface area contributed by atoms with E-state index in [-0.39, 0.29) is 6.61 Å². The van der Waals surface area contributed by atoms with Crippen LogP contribution in [0, 0.1) is 0 Å². The van der Waals surface area contributed by atoms with Gasteiger partial charge in [0, 0.05) is 10.2 Å². The van der Waals surface area contributed by atoms with Crippen molar-refractivity contribution in [3.8, 4) is 17.2 Å². The Hall–Kier alpha value is -2.52. The van der Waals surface area contributed by atoms with Crippen LogP contribution in [0.15, 0.2) is 58.2 Å². The summed E-state index contributed by atoms with van der Waals surface area (Å²) < 4.78 is 14.2. The first-order valence-corrected chi connectivity index (χ1v) is 10.7. The molecule has 0 unspecified atom stereocenters. The fraction of sp³-hybridized carbons (Fsp3) is 0.250. The van der Waals surface area contributed by atoms with Crippen LogP contribution in [0.3, 0.4) is 0 Å². The summed E-state index contributed by atoms with van der Waals surface area (Å²) in [5.41, 5.74) is 6.26. The first kappa shape index (κ1) is 21.2. The van der Waals surface area contributed by atoms with Crippen molar-refractivity contribution in [3.05, 3.63) is 58.8 Å². The number of aromatic nitrogens is 3. The predicted octanol–water partition coefficient (Wildman–Crippen LogP) is 3.97. The third kappa shape index (κ3) is 5.51. The number of carbonyl (C=O) groups excluding carboxylic acids is 1. The molecule has 0 saturated carbocycles. The number of carbonyl (C=O) groups is 1. The van der Waals surface area contributed by atoms with Crippen LogP contribution in [0.25, 0.3) is 5.69 Å². The average Bonchev–Trinajstić information content (AvgIpc) is 3.10. The highest BCUT2D eigenvalue weighted by molar-refractivity contribution is 9.10. The molecule has 2 N–H and O–H groups in total. The fourth-order valence-corrected chi connectivity index (χ4v) is 3.58. The third-order valence-corrected chi connectivity index (χ3v) is 5.56. The van der Waals surface area contributed by atoms with Gasteiger partial charge in [0.15, 0.2) is 11.0 Å². The number of amides is 1. The van der Waals surface area contributed by atoms with Gasteiger partial charge in [-0.2, -0.15) is 0 Å². The fourth-order valence-electron chi connectivity index (χ4n) is 2.48. The minimum atomic E-state index is -0.444. The maximum absolute atomic E-state index is 11.5. The lowest BCUT2D eigenvalue weighted by Crippen LogP contribution is -2.23. The van der Waals surface area contributed by atoms with Crippen LogP contribution >= 0.6 is 27.7 Å². The Morgan fingerprint density at radius 3 is 2.34 bits per heavy atom. The van der Waals surface area contributed by atoms with Crippen LogP contribution in [0.4, 0.5) is 0 Å². The van der Waals surface area contributed by atoms with E-state index >= 15 is 0 Å². The molecule has 152 valence electrons. The molecule has 0 aliphatic heterocycles. The van der Waals surface area contributed by atoms with Crippen molar-refractivity contribution in [1.29, 1.82) is 0 Å². The van der Waals surface area contributed by atoms with Crippen LogP contribution in [-0.2, 0) is 11.4 Å². The lowest BCUT2D eigenvalue weighted by atomic mass is 10.3. The maximum Gasteiger partial charge on any atom is 0.230 e. The Labute approximate surface area is 181 Å². The van der Waals surface area contributed by atoms with E-state index in [0.717, 1.165) is 15.9 Å². The van der Waals surface area contributed by atoms with Gasteiger partial charge in [-0.25, -0.2) is 0 Å². The van der Waals surface area contributed by atoms with Crippen molar-refractivity contribution in [2.75, 3.05) is 6.61 Å². The molecule has 9 heteroatoms. The van der Waals surface area contributed by atoms with E-state index in [1.54, 1.807) is 6.92 Å². The summed E-state index contributed by atoms with van der Waals surface area (Å²) in [6.45, 7) is 4.48. The molecular weight excluding hydrogens is 456 g/mol. The molecule has 29 heavy (non-hydrogen) atoms. The summed E-state index contributed by atoms with van der Waals surface area (Å²) in [5.74, 6) is 1.69. The lowest BCUT2D eigenvalue weighted by Gasteiger charge is -2.13. The first-order chi connectivity index (χ1) is 14.0. The molecule has 3 rings (SSSR count). The number of hydrogen-bond acceptors (Lipinski definition) is 6. The number of nitrogens with two attached hydrogens (primary N) is 1. The van der Waals surface area contributed by atoms with E-state index in [2.05, 4.69) is 26.1 Å². The van der Waals surface area contributed by atoms with E-state index in [1.807, 2.05) is 60.0 Å². The number of nitrogens with zero attached hydrogens (tertiary/aromatic N) is 3. The molecule has 0 saturated heterocycles. The van der Waals surface area contributed by atoms with Gasteiger partial charge in [0.05, 0.1) is 11.9 Å². The minimum Gasteiger partial charge on any atom is -0.494 e. The van der Waals surface area contributed by atoms with E-state index in [0.29, 0.717) is 23.3 Å². The Balaban J connectivity index is 1.89. The van der Waals surface area contributed by atoms with Crippen LogP contribution in [0.5, 0.6) is 11.5 Å². The number of hydrogen-bond donors (Lipinski definition) is 1. The lowest BCUT2D eigenvalue weighted by molar-refractivity contribution is -0.117. The smallest absolute Gasteiger partial charge is 0.230 e. The Morgan fingerprint density at radius 1 is 1.10 bits per heavy atom. The second-order valence-electron chi connectivity index (χ2n) is 6.07. The molecule has 0 spiro atoms. The molecule has 2 aromatic carbocycles. The Bertz CT molecular complexity index is 961. The highest BCUT2D eigenvalue weighted by Gasteiger charge is 2.20. The number of thioether (sulfide) groups is 1. The van der Waals surface area contributed by atoms with E-state index in [4.69, 9.17) is 15.2 Å². The van der Waals surface area contributed by atoms with Crippen LogP contribution < -0.4 is 15.2 Å². The molecule has 0 bridgehead atoms. The van der Waals surface area contributed by atoms with Gasteiger partial charge < -0.3 is 15.2 Å².